The molecule has 7 heteroatoms. The number of carbonyl (C=O) groups excluding carboxylic acids is 2. The molecule has 1 aliphatic heterocycles. The second-order valence-corrected chi connectivity index (χ2v) is 7.40. The number of nitrogens with one attached hydrogen (secondary N) is 2. The monoisotopic (exact) mass is 393 g/mol. The summed E-state index contributed by atoms with van der Waals surface area (Å²) in [6.45, 7) is 4.08. The molecule has 150 valence electrons. The van der Waals surface area contributed by atoms with Gasteiger partial charge in [0.1, 0.15) is 0 Å². The van der Waals surface area contributed by atoms with Crippen LogP contribution in [0.1, 0.15) is 30.5 Å². The maximum absolute atomic E-state index is 12.4. The first kappa shape index (κ1) is 20.1. The van der Waals surface area contributed by atoms with Crippen LogP contribution in [0.5, 0.6) is 11.5 Å². The van der Waals surface area contributed by atoms with Crippen LogP contribution >= 0.6 is 0 Å². The van der Waals surface area contributed by atoms with Crippen LogP contribution in [0.25, 0.3) is 5.70 Å². The van der Waals surface area contributed by atoms with Gasteiger partial charge in [0.15, 0.2) is 11.5 Å². The quantitative estimate of drug-likeness (QED) is 0.313. The summed E-state index contributed by atoms with van der Waals surface area (Å²) in [5, 5.41) is 16.7. The number of fused-ring (bicyclic) bond motifs is 1. The van der Waals surface area contributed by atoms with Crippen LogP contribution < -0.4 is 15.5 Å². The lowest BCUT2D eigenvalue weighted by Crippen LogP contribution is -2.44. The summed E-state index contributed by atoms with van der Waals surface area (Å²) < 4.78 is 5.01. The Hall–Kier alpha value is -3.61. The van der Waals surface area contributed by atoms with E-state index < -0.39 is 11.7 Å². The molecule has 0 bridgehead atoms. The molecule has 0 atom stereocenters. The number of carbonyl (C=O) groups is 2. The van der Waals surface area contributed by atoms with Gasteiger partial charge in [-0.3, -0.25) is 9.59 Å². The Morgan fingerprint density at radius 3 is 2.76 bits per heavy atom. The number of benzene rings is 2. The first-order valence-corrected chi connectivity index (χ1v) is 9.11. The van der Waals surface area contributed by atoms with Crippen molar-refractivity contribution in [1.82, 2.24) is 10.7 Å². The third-order valence-electron chi connectivity index (χ3n) is 4.50. The summed E-state index contributed by atoms with van der Waals surface area (Å²) >= 11 is 0. The molecule has 3 N–H and O–H groups in total. The largest absolute Gasteiger partial charge is 0.504 e. The van der Waals surface area contributed by atoms with E-state index in [1.165, 1.54) is 25.5 Å². The highest BCUT2D eigenvalue weighted by atomic mass is 16.5. The number of hydrogen-bond donors (Lipinski definition) is 3. The lowest BCUT2D eigenvalue weighted by molar-refractivity contribution is -0.135. The smallest absolute Gasteiger partial charge is 0.311 e. The summed E-state index contributed by atoms with van der Waals surface area (Å²) in [5.41, 5.74) is 5.23. The molecule has 0 spiro atoms. The number of nitrogens with zero attached hydrogens (tertiary/aromatic N) is 1. The zero-order valence-electron chi connectivity index (χ0n) is 16.5. The van der Waals surface area contributed by atoms with Crippen LogP contribution in [0.4, 0.5) is 0 Å². The Labute approximate surface area is 169 Å². The minimum absolute atomic E-state index is 0.00123. The molecule has 0 unspecified atom stereocenters. The Morgan fingerprint density at radius 2 is 2.00 bits per heavy atom. The Kier molecular flexibility index (Phi) is 5.68. The third-order valence-corrected chi connectivity index (χ3v) is 4.50. The second-order valence-electron chi connectivity index (χ2n) is 7.40. The molecule has 0 radical (unpaired) electrons. The molecule has 7 nitrogen and oxygen atoms in total. The molecule has 3 rings (SSSR count). The molecule has 0 aliphatic carbocycles. The van der Waals surface area contributed by atoms with Gasteiger partial charge in [0, 0.05) is 22.9 Å². The lowest BCUT2D eigenvalue weighted by Gasteiger charge is -2.35. The van der Waals surface area contributed by atoms with Gasteiger partial charge in [-0.05, 0) is 49.6 Å². The van der Waals surface area contributed by atoms with E-state index in [1.54, 1.807) is 12.1 Å². The number of hydrazone groups is 1. The zero-order chi connectivity index (χ0) is 21.0. The van der Waals surface area contributed by atoms with Crippen LogP contribution in [0, 0.1) is 0 Å². The van der Waals surface area contributed by atoms with E-state index in [0.717, 1.165) is 17.5 Å². The van der Waals surface area contributed by atoms with Gasteiger partial charge in [0.25, 0.3) is 0 Å². The fourth-order valence-corrected chi connectivity index (χ4v) is 3.19. The number of rotatable bonds is 5. The Bertz CT molecular complexity index is 1010. The summed E-state index contributed by atoms with van der Waals surface area (Å²) in [6, 6.07) is 12.4. The normalized spacial score (nSPS) is 16.2. The van der Waals surface area contributed by atoms with Gasteiger partial charge in [-0.25, -0.2) is 5.43 Å². The lowest BCUT2D eigenvalue weighted by atomic mass is 9.85. The summed E-state index contributed by atoms with van der Waals surface area (Å²) in [6.07, 6.45) is 3.48. The number of methoxy groups -OCH3 is 1. The molecule has 2 aromatic carbocycles. The summed E-state index contributed by atoms with van der Waals surface area (Å²) in [7, 11) is 1.43. The first-order chi connectivity index (χ1) is 13.8. The molecule has 1 aliphatic rings. The molecular formula is C22H23N3O4. The third kappa shape index (κ3) is 4.82. The van der Waals surface area contributed by atoms with E-state index in [4.69, 9.17) is 4.74 Å². The minimum Gasteiger partial charge on any atom is -0.504 e. The van der Waals surface area contributed by atoms with Crippen molar-refractivity contribution in [2.24, 2.45) is 5.10 Å². The number of amides is 1. The van der Waals surface area contributed by atoms with E-state index in [0.29, 0.717) is 11.3 Å². The van der Waals surface area contributed by atoms with Gasteiger partial charge in [-0.1, -0.05) is 24.3 Å². The van der Waals surface area contributed by atoms with Crippen molar-refractivity contribution in [3.05, 3.63) is 65.2 Å². The number of phenolic OH excluding ortho intramolecular Hbond substituents is 1. The fourth-order valence-electron chi connectivity index (χ4n) is 3.19. The van der Waals surface area contributed by atoms with Gasteiger partial charge >= 0.3 is 5.91 Å². The van der Waals surface area contributed by atoms with E-state index in [2.05, 4.69) is 15.8 Å². The van der Waals surface area contributed by atoms with Crippen LogP contribution in [-0.2, 0) is 16.0 Å². The van der Waals surface area contributed by atoms with Crippen LogP contribution in [0.3, 0.4) is 0 Å². The highest BCUT2D eigenvalue weighted by molar-refractivity contribution is 6.41. The van der Waals surface area contributed by atoms with Crippen molar-refractivity contribution < 1.29 is 19.4 Å². The Balaban J connectivity index is 1.71. The molecule has 1 heterocycles. The van der Waals surface area contributed by atoms with Gasteiger partial charge < -0.3 is 15.2 Å². The van der Waals surface area contributed by atoms with Crippen molar-refractivity contribution >= 4 is 23.6 Å². The number of ketones is 1. The van der Waals surface area contributed by atoms with Crippen molar-refractivity contribution in [1.29, 1.82) is 0 Å². The molecule has 0 saturated heterocycles. The number of hydrogen-bond acceptors (Lipinski definition) is 6. The maximum Gasteiger partial charge on any atom is 0.311 e. The highest BCUT2D eigenvalue weighted by Crippen LogP contribution is 2.29. The molecule has 2 aromatic rings. The molecule has 0 saturated carbocycles. The van der Waals surface area contributed by atoms with E-state index >= 15 is 0 Å². The highest BCUT2D eigenvalue weighted by Gasteiger charge is 2.28. The van der Waals surface area contributed by atoms with Gasteiger partial charge in [-0.15, -0.1) is 0 Å². The summed E-state index contributed by atoms with van der Waals surface area (Å²) in [4.78, 5) is 24.5. The predicted octanol–water partition coefficient (Wildman–Crippen LogP) is 2.39. The molecule has 0 aromatic heterocycles. The van der Waals surface area contributed by atoms with Gasteiger partial charge in [-0.2, -0.15) is 5.10 Å². The van der Waals surface area contributed by atoms with Crippen molar-refractivity contribution in [2.75, 3.05) is 7.11 Å². The average molecular weight is 393 g/mol. The van der Waals surface area contributed by atoms with Crippen LogP contribution in [-0.4, -0.2) is 35.7 Å². The SMILES string of the molecule is COc1cc(/C=N/NC(=O)C(=O)/C=C2\NC(C)(C)Cc3ccccc32)ccc1O. The summed E-state index contributed by atoms with van der Waals surface area (Å²) in [5.74, 6) is -1.27. The topological polar surface area (TPSA) is 100 Å². The van der Waals surface area contributed by atoms with Crippen LogP contribution in [0.2, 0.25) is 0 Å². The van der Waals surface area contributed by atoms with Crippen molar-refractivity contribution in [2.45, 2.75) is 25.8 Å². The fraction of sp³-hybridized carbons (Fsp3) is 0.227. The second kappa shape index (κ2) is 8.18. The molecular weight excluding hydrogens is 370 g/mol. The molecule has 1 amide bonds. The van der Waals surface area contributed by atoms with Gasteiger partial charge in [0.2, 0.25) is 5.78 Å². The predicted molar refractivity (Wildman–Crippen MR) is 111 cm³/mol. The molecule has 0 fully saturated rings. The van der Waals surface area contributed by atoms with Gasteiger partial charge in [0.05, 0.1) is 13.3 Å². The minimum atomic E-state index is -0.845. The van der Waals surface area contributed by atoms with Crippen molar-refractivity contribution in [3.8, 4) is 11.5 Å². The van der Waals surface area contributed by atoms with E-state index in [-0.39, 0.29) is 17.0 Å². The number of aromatic hydroxyl groups is 1. The van der Waals surface area contributed by atoms with E-state index in [1.807, 2.05) is 38.1 Å². The number of phenols is 1. The average Bonchev–Trinajstić information content (AvgIpc) is 2.68. The standard InChI is InChI=1S/C22H23N3O4/c1-22(2)12-15-6-4-5-7-16(15)17(24-22)11-19(27)21(28)25-23-13-14-8-9-18(26)20(10-14)29-3/h4-11,13,24,26H,12H2,1-3H3,(H,25,28)/b17-11-,23-13+. The van der Waals surface area contributed by atoms with Crippen LogP contribution in [0.15, 0.2) is 53.6 Å². The zero-order valence-corrected chi connectivity index (χ0v) is 16.5. The Morgan fingerprint density at radius 1 is 1.24 bits per heavy atom. The number of ether oxygens (including phenoxy) is 1. The maximum atomic E-state index is 12.4. The molecule has 29 heavy (non-hydrogen) atoms. The van der Waals surface area contributed by atoms with E-state index in [9.17, 15) is 14.7 Å². The first-order valence-electron chi connectivity index (χ1n) is 9.11. The van der Waals surface area contributed by atoms with Crippen molar-refractivity contribution in [3.63, 3.8) is 0 Å².